The number of unbranched alkanes of at least 4 members (excludes halogenated alkanes) is 4. The Kier molecular flexibility index (Phi) is 17.0. The summed E-state index contributed by atoms with van der Waals surface area (Å²) in [6, 6.07) is 15.4. The van der Waals surface area contributed by atoms with Crippen LogP contribution in [-0.4, -0.2) is 43.4 Å². The summed E-state index contributed by atoms with van der Waals surface area (Å²) in [6.45, 7) is 13.5. The van der Waals surface area contributed by atoms with Gasteiger partial charge in [0.05, 0.1) is 0 Å². The van der Waals surface area contributed by atoms with Gasteiger partial charge in [0.2, 0.25) is 5.91 Å². The molecule has 1 aliphatic rings. The number of fused-ring (bicyclic) bond motifs is 3. The van der Waals surface area contributed by atoms with Gasteiger partial charge in [-0.1, -0.05) is 133 Å². The summed E-state index contributed by atoms with van der Waals surface area (Å²) in [7, 11) is 0. The van der Waals surface area contributed by atoms with Crippen LogP contribution >= 0.6 is 6.89 Å². The lowest BCUT2D eigenvalue weighted by molar-refractivity contribution is -0.141. The first-order valence-corrected chi connectivity index (χ1v) is 21.4. The number of nitrogens with one attached hydrogen (secondary N) is 1. The summed E-state index contributed by atoms with van der Waals surface area (Å²) >= 11 is 0. The van der Waals surface area contributed by atoms with E-state index < -0.39 is 30.9 Å². The van der Waals surface area contributed by atoms with Crippen molar-refractivity contribution in [1.29, 1.82) is 0 Å². The SMILES string of the molecule is C=C(C)/C=C\C=C(/C)CCCCP(=C)(CCCCCC1(C(=O)NCC(F)(F)F)c2ccccc2-c2ccccc21)CCCC/C(C)=C/C=C\C(=C)C. The van der Waals surface area contributed by atoms with Crippen LogP contribution in [0.3, 0.4) is 0 Å². The molecule has 52 heavy (non-hydrogen) atoms. The average molecular weight is 732 g/mol. The second kappa shape index (κ2) is 20.6. The number of rotatable bonds is 22. The largest absolute Gasteiger partial charge is 0.405 e. The molecular weight excluding hydrogens is 670 g/mol. The average Bonchev–Trinajstić information content (AvgIpc) is 3.37. The van der Waals surface area contributed by atoms with Crippen LogP contribution in [0.25, 0.3) is 11.1 Å². The molecule has 1 N–H and O–H groups in total. The second-order valence-corrected chi connectivity index (χ2v) is 19.0. The first-order chi connectivity index (χ1) is 24.7. The summed E-state index contributed by atoms with van der Waals surface area (Å²) < 4.78 is 39.9. The Morgan fingerprint density at radius 1 is 0.712 bits per heavy atom. The lowest BCUT2D eigenvalue weighted by atomic mass is 9.73. The van der Waals surface area contributed by atoms with Crippen LogP contribution in [0.4, 0.5) is 13.2 Å². The third-order valence-corrected chi connectivity index (χ3v) is 13.8. The van der Waals surface area contributed by atoms with Gasteiger partial charge in [-0.2, -0.15) is 13.2 Å². The number of amides is 1. The minimum absolute atomic E-state index is 0.462. The number of carbonyl (C=O) groups is 1. The molecule has 0 aliphatic heterocycles. The highest BCUT2D eigenvalue weighted by atomic mass is 31.2. The number of hydrogen-bond acceptors (Lipinski definition) is 1. The highest BCUT2D eigenvalue weighted by molar-refractivity contribution is 7.73. The lowest BCUT2D eigenvalue weighted by Crippen LogP contribution is -2.47. The van der Waals surface area contributed by atoms with Crippen molar-refractivity contribution < 1.29 is 18.0 Å². The quantitative estimate of drug-likeness (QED) is 0.0729. The Labute approximate surface area is 312 Å². The maximum Gasteiger partial charge on any atom is 0.405 e. The lowest BCUT2D eigenvalue weighted by Gasteiger charge is -2.31. The zero-order chi connectivity index (χ0) is 38.2. The molecule has 3 rings (SSSR count). The smallest absolute Gasteiger partial charge is 0.346 e. The highest BCUT2D eigenvalue weighted by Crippen LogP contribution is 2.52. The van der Waals surface area contributed by atoms with Crippen molar-refractivity contribution >= 4 is 19.1 Å². The van der Waals surface area contributed by atoms with Gasteiger partial charge < -0.3 is 5.32 Å². The number of halogens is 3. The van der Waals surface area contributed by atoms with Crippen LogP contribution in [0.1, 0.15) is 103 Å². The van der Waals surface area contributed by atoms with Crippen LogP contribution in [-0.2, 0) is 10.2 Å². The molecule has 2 aromatic rings. The molecule has 0 saturated carbocycles. The molecule has 1 aliphatic carbocycles. The summed E-state index contributed by atoms with van der Waals surface area (Å²) in [5.74, 6) is -0.569. The molecule has 0 aromatic heterocycles. The minimum atomic E-state index is -4.48. The summed E-state index contributed by atoms with van der Waals surface area (Å²) in [5, 5.41) is 2.27. The van der Waals surface area contributed by atoms with Gasteiger partial charge in [0.15, 0.2) is 0 Å². The van der Waals surface area contributed by atoms with Crippen LogP contribution in [0.5, 0.6) is 0 Å². The fourth-order valence-electron chi connectivity index (χ4n) is 7.26. The van der Waals surface area contributed by atoms with Gasteiger partial charge in [-0.05, 0) is 120 Å². The van der Waals surface area contributed by atoms with E-state index in [9.17, 15) is 18.0 Å². The summed E-state index contributed by atoms with van der Waals surface area (Å²) in [5.41, 5.74) is 7.14. The highest BCUT2D eigenvalue weighted by Gasteiger charge is 2.49. The Hall–Kier alpha value is -3.56. The van der Waals surface area contributed by atoms with Crippen molar-refractivity contribution in [1.82, 2.24) is 5.32 Å². The van der Waals surface area contributed by atoms with Gasteiger partial charge in [-0.25, -0.2) is 0 Å². The van der Waals surface area contributed by atoms with E-state index in [4.69, 9.17) is 6.30 Å². The molecule has 0 fully saturated rings. The van der Waals surface area contributed by atoms with Crippen molar-refractivity contribution in [2.75, 3.05) is 25.0 Å². The Bertz CT molecular complexity index is 1590. The molecule has 1 amide bonds. The van der Waals surface area contributed by atoms with Crippen molar-refractivity contribution in [3.8, 4) is 11.1 Å². The normalized spacial score (nSPS) is 15.4. The fraction of sp³-hybridized carbons (Fsp3) is 0.435. The predicted octanol–water partition coefficient (Wildman–Crippen LogP) is 13.1. The molecule has 2 nitrogen and oxygen atoms in total. The van der Waals surface area contributed by atoms with Gasteiger partial charge in [0, 0.05) is 0 Å². The van der Waals surface area contributed by atoms with E-state index in [2.05, 4.69) is 56.6 Å². The monoisotopic (exact) mass is 731 g/mol. The minimum Gasteiger partial charge on any atom is -0.346 e. The van der Waals surface area contributed by atoms with E-state index in [1.165, 1.54) is 23.5 Å². The third-order valence-electron chi connectivity index (χ3n) is 10.0. The van der Waals surface area contributed by atoms with Gasteiger partial charge in [-0.15, -0.1) is 13.2 Å². The first-order valence-electron chi connectivity index (χ1n) is 18.9. The maximum absolute atomic E-state index is 13.9. The molecule has 0 bridgehead atoms. The van der Waals surface area contributed by atoms with Crippen molar-refractivity contribution in [3.63, 3.8) is 0 Å². The van der Waals surface area contributed by atoms with Crippen LogP contribution < -0.4 is 5.32 Å². The Balaban J connectivity index is 1.68. The zero-order valence-electron chi connectivity index (χ0n) is 32.1. The van der Waals surface area contributed by atoms with E-state index >= 15 is 0 Å². The summed E-state index contributed by atoms with van der Waals surface area (Å²) in [6.07, 6.45) is 26.3. The van der Waals surface area contributed by atoms with Gasteiger partial charge in [-0.3, -0.25) is 4.79 Å². The van der Waals surface area contributed by atoms with E-state index in [0.29, 0.717) is 6.42 Å². The number of benzene rings is 2. The molecule has 282 valence electrons. The van der Waals surface area contributed by atoms with E-state index in [-0.39, 0.29) is 0 Å². The second-order valence-electron chi connectivity index (χ2n) is 15.0. The molecular formula is C46H61F3NOP. The first kappa shape index (κ1) is 42.8. The van der Waals surface area contributed by atoms with Crippen molar-refractivity contribution in [2.45, 2.75) is 103 Å². The predicted molar refractivity (Wildman–Crippen MR) is 222 cm³/mol. The molecule has 2 aromatic carbocycles. The molecule has 0 heterocycles. The Morgan fingerprint density at radius 2 is 1.15 bits per heavy atom. The molecule has 6 heteroatoms. The van der Waals surface area contributed by atoms with Gasteiger partial charge in [0.25, 0.3) is 0 Å². The van der Waals surface area contributed by atoms with Gasteiger partial charge in [0.1, 0.15) is 12.0 Å². The van der Waals surface area contributed by atoms with Crippen molar-refractivity contribution in [3.05, 3.63) is 132 Å². The maximum atomic E-state index is 13.9. The van der Waals surface area contributed by atoms with E-state index in [1.54, 1.807) is 0 Å². The molecule has 0 radical (unpaired) electrons. The molecule has 0 unspecified atom stereocenters. The van der Waals surface area contributed by atoms with Crippen molar-refractivity contribution in [2.24, 2.45) is 0 Å². The standard InChI is InChI=1S/C46H61F3NOP/c1-36(2)21-19-25-38(5)23-13-17-33-52(7,34-18-14-24-39(6)26-20-22-37(3)4)32-16-8-15-31-45(44(51)50-35-46(47,48)49)42-29-11-9-27-40(42)41-28-10-12-30-43(41)45/h9-12,19-22,25-30H,1,3,7-8,13-18,23-24,31-35H2,2,4-6H3,(H,50,51)/b21-19-,22-20-,38-25+,39-26+. The van der Waals surface area contributed by atoms with E-state index in [0.717, 1.165) is 97.3 Å². The fourth-order valence-corrected chi connectivity index (χ4v) is 10.6. The Morgan fingerprint density at radius 3 is 1.60 bits per heavy atom. The van der Waals surface area contributed by atoms with Crippen LogP contribution in [0.15, 0.2) is 120 Å². The van der Waals surface area contributed by atoms with Crippen LogP contribution in [0, 0.1) is 0 Å². The number of allylic oxidation sites excluding steroid dienone is 10. The third kappa shape index (κ3) is 13.4. The number of hydrogen-bond donors (Lipinski definition) is 1. The summed E-state index contributed by atoms with van der Waals surface area (Å²) in [4.78, 5) is 13.9. The number of alkyl halides is 3. The van der Waals surface area contributed by atoms with Crippen LogP contribution in [0.2, 0.25) is 0 Å². The van der Waals surface area contributed by atoms with Gasteiger partial charge >= 0.3 is 6.18 Å². The zero-order valence-corrected chi connectivity index (χ0v) is 33.0. The molecule has 0 atom stereocenters. The van der Waals surface area contributed by atoms with E-state index in [1.807, 2.05) is 74.5 Å². The number of carbonyl (C=O) groups excluding carboxylic acids is 1. The molecule has 0 saturated heterocycles. The topological polar surface area (TPSA) is 29.1 Å². The molecule has 0 spiro atoms.